The smallest absolute Gasteiger partial charge is 0.296 e. The lowest BCUT2D eigenvalue weighted by atomic mass is 9.98. The van der Waals surface area contributed by atoms with E-state index in [1.807, 2.05) is 13.0 Å². The average molecular weight is 416 g/mol. The molecule has 0 N–H and O–H groups in total. The number of carbonyl (C=O) groups is 1. The molecule has 0 unspecified atom stereocenters. The predicted molar refractivity (Wildman–Crippen MR) is 113 cm³/mol. The quantitative estimate of drug-likeness (QED) is 0.495. The van der Waals surface area contributed by atoms with Gasteiger partial charge in [0.25, 0.3) is 5.91 Å². The number of nitrogens with zero attached hydrogens (tertiary/aromatic N) is 2. The average Bonchev–Trinajstić information content (AvgIpc) is 3.07. The molecule has 2 aromatic carbocycles. The number of halogens is 1. The van der Waals surface area contributed by atoms with Crippen LogP contribution >= 0.6 is 0 Å². The highest BCUT2D eigenvalue weighted by Crippen LogP contribution is 2.41. The van der Waals surface area contributed by atoms with Gasteiger partial charge in [-0.3, -0.25) is 14.5 Å². The summed E-state index contributed by atoms with van der Waals surface area (Å²) >= 11 is 0. The molecular weight excluding hydrogens is 399 g/mol. The molecule has 5 rings (SSSR count). The molecule has 0 bridgehead atoms. The molecule has 0 saturated carbocycles. The number of fused-ring (bicyclic) bond motifs is 2. The van der Waals surface area contributed by atoms with Crippen molar-refractivity contribution in [3.05, 3.63) is 99.3 Å². The summed E-state index contributed by atoms with van der Waals surface area (Å²) in [5.74, 6) is -0.144. The van der Waals surface area contributed by atoms with Crippen LogP contribution in [-0.4, -0.2) is 18.0 Å². The Kier molecular flexibility index (Phi) is 4.32. The van der Waals surface area contributed by atoms with E-state index in [-0.39, 0.29) is 22.3 Å². The van der Waals surface area contributed by atoms with Crippen LogP contribution in [0.5, 0.6) is 5.75 Å². The van der Waals surface area contributed by atoms with Crippen molar-refractivity contribution < 1.29 is 18.3 Å². The van der Waals surface area contributed by atoms with Gasteiger partial charge >= 0.3 is 0 Å². The summed E-state index contributed by atoms with van der Waals surface area (Å²) < 4.78 is 25.0. The molecule has 31 heavy (non-hydrogen) atoms. The predicted octanol–water partition coefficient (Wildman–Crippen LogP) is 4.39. The maximum atomic E-state index is 13.9. The highest BCUT2D eigenvalue weighted by molar-refractivity contribution is 6.10. The van der Waals surface area contributed by atoms with Crippen LogP contribution in [0.1, 0.15) is 33.4 Å². The number of hydrogen-bond acceptors (Lipinski definition) is 5. The fraction of sp³-hybridized carbons (Fsp3) is 0.125. The number of rotatable bonds is 3. The summed E-state index contributed by atoms with van der Waals surface area (Å²) in [4.78, 5) is 32.8. The first-order valence-corrected chi connectivity index (χ1v) is 9.65. The van der Waals surface area contributed by atoms with Crippen molar-refractivity contribution in [3.8, 4) is 5.75 Å². The van der Waals surface area contributed by atoms with E-state index in [2.05, 4.69) is 4.98 Å². The summed E-state index contributed by atoms with van der Waals surface area (Å²) in [6, 6.07) is 15.3. The minimum atomic E-state index is -0.796. The molecule has 0 aliphatic carbocycles. The van der Waals surface area contributed by atoms with Gasteiger partial charge in [0.2, 0.25) is 5.76 Å². The first-order valence-electron chi connectivity index (χ1n) is 9.65. The summed E-state index contributed by atoms with van der Waals surface area (Å²) in [5.41, 5.74) is 1.23. The monoisotopic (exact) mass is 416 g/mol. The van der Waals surface area contributed by atoms with Crippen LogP contribution in [0.3, 0.4) is 0 Å². The van der Waals surface area contributed by atoms with Gasteiger partial charge in [0.05, 0.1) is 24.1 Å². The lowest BCUT2D eigenvalue weighted by Gasteiger charge is -2.24. The highest BCUT2D eigenvalue weighted by Gasteiger charge is 2.44. The van der Waals surface area contributed by atoms with Crippen molar-refractivity contribution in [2.24, 2.45) is 0 Å². The molecule has 7 heteroatoms. The lowest BCUT2D eigenvalue weighted by molar-refractivity contribution is 0.0970. The second-order valence-corrected chi connectivity index (χ2v) is 7.31. The molecule has 154 valence electrons. The number of benzene rings is 2. The van der Waals surface area contributed by atoms with Crippen molar-refractivity contribution >= 4 is 22.7 Å². The van der Waals surface area contributed by atoms with Crippen molar-refractivity contribution in [1.29, 1.82) is 0 Å². The molecule has 6 nitrogen and oxygen atoms in total. The first kappa shape index (κ1) is 19.0. The largest absolute Gasteiger partial charge is 0.497 e. The van der Waals surface area contributed by atoms with Crippen molar-refractivity contribution in [3.63, 3.8) is 0 Å². The molecule has 1 aliphatic heterocycles. The van der Waals surface area contributed by atoms with Crippen LogP contribution in [0.15, 0.2) is 69.9 Å². The van der Waals surface area contributed by atoms with E-state index >= 15 is 0 Å². The Hall–Kier alpha value is -4.00. The zero-order chi connectivity index (χ0) is 21.7. The summed E-state index contributed by atoms with van der Waals surface area (Å²) in [6.07, 6.45) is 0. The molecule has 1 atom stereocenters. The third kappa shape index (κ3) is 2.97. The molecule has 0 saturated heterocycles. The number of carbonyl (C=O) groups excluding carboxylic acids is 1. The molecule has 0 fully saturated rings. The third-order valence-electron chi connectivity index (χ3n) is 5.36. The van der Waals surface area contributed by atoms with Crippen LogP contribution in [0.4, 0.5) is 10.2 Å². The van der Waals surface area contributed by atoms with E-state index in [1.165, 1.54) is 24.1 Å². The van der Waals surface area contributed by atoms with Gasteiger partial charge in [0, 0.05) is 5.69 Å². The summed E-state index contributed by atoms with van der Waals surface area (Å²) in [7, 11) is 1.54. The fourth-order valence-electron chi connectivity index (χ4n) is 3.97. The van der Waals surface area contributed by atoms with E-state index in [0.29, 0.717) is 17.1 Å². The molecule has 1 aliphatic rings. The second-order valence-electron chi connectivity index (χ2n) is 7.31. The number of ether oxygens (including phenoxy) is 1. The van der Waals surface area contributed by atoms with Gasteiger partial charge in [-0.2, -0.15) is 0 Å². The van der Waals surface area contributed by atoms with E-state index in [1.54, 1.807) is 36.4 Å². The minimum absolute atomic E-state index is 0.0692. The lowest BCUT2D eigenvalue weighted by Crippen LogP contribution is -2.30. The van der Waals surface area contributed by atoms with Gasteiger partial charge in [-0.05, 0) is 55.0 Å². The van der Waals surface area contributed by atoms with Crippen LogP contribution in [0, 0.1) is 12.7 Å². The standard InChI is InChI=1S/C24H17FN2O4/c1-13-5-3-8-19(26-13)27-21(14-6-4-7-16(11-14)30-2)20-22(28)17-12-15(25)9-10-18(17)31-23(20)24(27)29/h3-12,21H,1-2H3/t21-/m1/s1. The molecule has 2 aromatic heterocycles. The van der Waals surface area contributed by atoms with Gasteiger partial charge in [-0.25, -0.2) is 9.37 Å². The Morgan fingerprint density at radius 1 is 1.06 bits per heavy atom. The zero-order valence-electron chi connectivity index (χ0n) is 16.8. The number of hydrogen-bond donors (Lipinski definition) is 0. The fourth-order valence-corrected chi connectivity index (χ4v) is 3.97. The SMILES string of the molecule is COc1cccc([C@@H]2c3c(oc4ccc(F)cc4c3=O)C(=O)N2c2cccc(C)n2)c1. The molecule has 4 aromatic rings. The van der Waals surface area contributed by atoms with Crippen LogP contribution in [-0.2, 0) is 0 Å². The normalized spacial score (nSPS) is 15.4. The Labute approximate surface area is 176 Å². The van der Waals surface area contributed by atoms with E-state index in [0.717, 1.165) is 11.8 Å². The van der Waals surface area contributed by atoms with Crippen molar-refractivity contribution in [2.45, 2.75) is 13.0 Å². The first-order chi connectivity index (χ1) is 15.0. The Morgan fingerprint density at radius 2 is 1.87 bits per heavy atom. The Balaban J connectivity index is 1.83. The van der Waals surface area contributed by atoms with E-state index in [4.69, 9.17) is 9.15 Å². The topological polar surface area (TPSA) is 72.6 Å². The van der Waals surface area contributed by atoms with Gasteiger partial charge < -0.3 is 9.15 Å². The number of methoxy groups -OCH3 is 1. The van der Waals surface area contributed by atoms with E-state index in [9.17, 15) is 14.0 Å². The molecule has 0 radical (unpaired) electrons. The van der Waals surface area contributed by atoms with Crippen molar-refractivity contribution in [1.82, 2.24) is 4.98 Å². The van der Waals surface area contributed by atoms with E-state index < -0.39 is 23.2 Å². The summed E-state index contributed by atoms with van der Waals surface area (Å²) in [5, 5.41) is 0.0819. The third-order valence-corrected chi connectivity index (χ3v) is 5.36. The maximum absolute atomic E-state index is 13.9. The number of aromatic nitrogens is 1. The Morgan fingerprint density at radius 3 is 2.65 bits per heavy atom. The number of pyridine rings is 1. The van der Waals surface area contributed by atoms with Gasteiger partial charge in [0.1, 0.15) is 23.0 Å². The Bertz CT molecular complexity index is 1410. The van der Waals surface area contributed by atoms with Crippen LogP contribution in [0.25, 0.3) is 11.0 Å². The number of aryl methyl sites for hydroxylation is 1. The van der Waals surface area contributed by atoms with Gasteiger partial charge in [0.15, 0.2) is 5.43 Å². The molecule has 0 spiro atoms. The summed E-state index contributed by atoms with van der Waals surface area (Å²) in [6.45, 7) is 1.82. The maximum Gasteiger partial charge on any atom is 0.296 e. The second kappa shape index (κ2) is 7.05. The minimum Gasteiger partial charge on any atom is -0.497 e. The van der Waals surface area contributed by atoms with Gasteiger partial charge in [-0.15, -0.1) is 0 Å². The molecule has 3 heterocycles. The van der Waals surface area contributed by atoms with Crippen LogP contribution < -0.4 is 15.1 Å². The number of anilines is 1. The van der Waals surface area contributed by atoms with Gasteiger partial charge in [-0.1, -0.05) is 18.2 Å². The molecular formula is C24H17FN2O4. The van der Waals surface area contributed by atoms with Crippen molar-refractivity contribution in [2.75, 3.05) is 12.0 Å². The highest BCUT2D eigenvalue weighted by atomic mass is 19.1. The molecule has 1 amide bonds. The zero-order valence-corrected chi connectivity index (χ0v) is 16.8. The number of amides is 1. The van der Waals surface area contributed by atoms with Crippen LogP contribution in [0.2, 0.25) is 0 Å².